The van der Waals surface area contributed by atoms with E-state index in [1.165, 1.54) is 24.5 Å². The molecule has 3 aromatic carbocycles. The van der Waals surface area contributed by atoms with E-state index in [4.69, 9.17) is 4.42 Å². The minimum atomic E-state index is -0.489. The van der Waals surface area contributed by atoms with Crippen LogP contribution in [0.2, 0.25) is 0 Å². The maximum atomic E-state index is 13.3. The number of benzene rings is 3. The lowest BCUT2D eigenvalue weighted by Gasteiger charge is -2.10. The minimum Gasteiger partial charge on any atom is -0.459 e. The third-order valence-corrected chi connectivity index (χ3v) is 4.87. The maximum Gasteiger partial charge on any atom is 0.291 e. The summed E-state index contributed by atoms with van der Waals surface area (Å²) in [6, 6.07) is 22.0. The number of carbonyl (C=O) groups excluding carboxylic acids is 3. The van der Waals surface area contributed by atoms with Gasteiger partial charge in [-0.1, -0.05) is 18.2 Å². The van der Waals surface area contributed by atoms with Crippen LogP contribution >= 0.6 is 0 Å². The van der Waals surface area contributed by atoms with Crippen LogP contribution in [0.4, 0.5) is 15.8 Å². The second-order valence-electron chi connectivity index (χ2n) is 7.36. The highest BCUT2D eigenvalue weighted by Gasteiger charge is 2.11. The number of anilines is 2. The topological polar surface area (TPSA) is 100 Å². The molecule has 170 valence electrons. The number of rotatable bonds is 7. The van der Waals surface area contributed by atoms with E-state index in [0.717, 1.165) is 11.6 Å². The van der Waals surface area contributed by atoms with Gasteiger partial charge in [0.15, 0.2) is 5.76 Å². The van der Waals surface area contributed by atoms with E-state index in [9.17, 15) is 18.8 Å². The van der Waals surface area contributed by atoms with Crippen molar-refractivity contribution in [1.82, 2.24) is 5.32 Å². The summed E-state index contributed by atoms with van der Waals surface area (Å²) in [4.78, 5) is 36.8. The fourth-order valence-electron chi connectivity index (χ4n) is 3.18. The Labute approximate surface area is 194 Å². The third kappa shape index (κ3) is 5.74. The molecule has 34 heavy (non-hydrogen) atoms. The molecule has 0 radical (unpaired) electrons. The Bertz CT molecular complexity index is 1320. The number of hydrogen-bond acceptors (Lipinski definition) is 4. The number of carbonyl (C=O) groups is 3. The first-order valence-electron chi connectivity index (χ1n) is 10.4. The number of nitrogens with one attached hydrogen (secondary N) is 3. The lowest BCUT2D eigenvalue weighted by Crippen LogP contribution is -2.23. The third-order valence-electron chi connectivity index (χ3n) is 4.87. The van der Waals surface area contributed by atoms with Gasteiger partial charge in [0.1, 0.15) is 5.82 Å². The molecule has 0 spiro atoms. The quantitative estimate of drug-likeness (QED) is 0.369. The summed E-state index contributed by atoms with van der Waals surface area (Å²) in [5.74, 6) is -1.40. The molecule has 0 atom stereocenters. The van der Waals surface area contributed by atoms with E-state index in [0.29, 0.717) is 16.9 Å². The zero-order valence-electron chi connectivity index (χ0n) is 17.9. The second-order valence-corrected chi connectivity index (χ2v) is 7.36. The molecule has 0 aliphatic heterocycles. The molecule has 8 heteroatoms. The van der Waals surface area contributed by atoms with Crippen LogP contribution in [-0.4, -0.2) is 17.7 Å². The Morgan fingerprint density at radius 1 is 0.706 bits per heavy atom. The largest absolute Gasteiger partial charge is 0.459 e. The van der Waals surface area contributed by atoms with Gasteiger partial charge < -0.3 is 20.4 Å². The number of hydrogen-bond donors (Lipinski definition) is 3. The molecule has 1 heterocycles. The van der Waals surface area contributed by atoms with Gasteiger partial charge >= 0.3 is 0 Å². The molecule has 0 aliphatic rings. The van der Waals surface area contributed by atoms with Crippen molar-refractivity contribution >= 4 is 29.1 Å². The van der Waals surface area contributed by atoms with E-state index in [2.05, 4.69) is 16.0 Å². The molecular formula is C26H20FN3O4. The molecule has 0 bridgehead atoms. The summed E-state index contributed by atoms with van der Waals surface area (Å²) in [6.07, 6.45) is 1.41. The number of furan rings is 1. The van der Waals surface area contributed by atoms with Crippen LogP contribution < -0.4 is 16.0 Å². The summed E-state index contributed by atoms with van der Waals surface area (Å²) in [5.41, 5.74) is 2.46. The predicted octanol–water partition coefficient (Wildman–Crippen LogP) is 4.85. The predicted molar refractivity (Wildman–Crippen MR) is 125 cm³/mol. The molecule has 3 amide bonds. The van der Waals surface area contributed by atoms with E-state index in [1.807, 2.05) is 6.07 Å². The van der Waals surface area contributed by atoms with Gasteiger partial charge in [0.25, 0.3) is 17.7 Å². The lowest BCUT2D eigenvalue weighted by molar-refractivity contribution is 0.0949. The van der Waals surface area contributed by atoms with Gasteiger partial charge in [-0.3, -0.25) is 14.4 Å². The van der Waals surface area contributed by atoms with Crippen LogP contribution in [0.5, 0.6) is 0 Å². The Morgan fingerprint density at radius 2 is 1.47 bits per heavy atom. The minimum absolute atomic E-state index is 0.191. The van der Waals surface area contributed by atoms with Crippen molar-refractivity contribution in [3.8, 4) is 0 Å². The molecule has 1 aromatic heterocycles. The lowest BCUT2D eigenvalue weighted by atomic mass is 10.1. The standard InChI is InChI=1S/C26H20FN3O4/c27-20-6-2-5-19(15-20)25(32)30-22-7-1-4-17(14-22)16-28-24(31)18-9-11-21(12-10-18)29-26(33)23-8-3-13-34-23/h1-15H,16H2,(H,28,31)(H,29,33)(H,30,32). The van der Waals surface area contributed by atoms with Crippen LogP contribution in [0.3, 0.4) is 0 Å². The molecule has 7 nitrogen and oxygen atoms in total. The Balaban J connectivity index is 1.32. The van der Waals surface area contributed by atoms with E-state index < -0.39 is 11.7 Å². The van der Waals surface area contributed by atoms with Gasteiger partial charge in [-0.05, 0) is 72.3 Å². The fraction of sp³-hybridized carbons (Fsp3) is 0.0385. The highest BCUT2D eigenvalue weighted by molar-refractivity contribution is 6.04. The molecule has 0 saturated heterocycles. The van der Waals surface area contributed by atoms with Crippen molar-refractivity contribution in [3.05, 3.63) is 119 Å². The van der Waals surface area contributed by atoms with Crippen molar-refractivity contribution in [2.45, 2.75) is 6.54 Å². The molecule has 3 N–H and O–H groups in total. The number of amides is 3. The van der Waals surface area contributed by atoms with Gasteiger partial charge in [0.2, 0.25) is 0 Å². The van der Waals surface area contributed by atoms with E-state index in [-0.39, 0.29) is 29.7 Å². The first kappa shape index (κ1) is 22.5. The van der Waals surface area contributed by atoms with Crippen molar-refractivity contribution in [2.24, 2.45) is 0 Å². The first-order valence-corrected chi connectivity index (χ1v) is 10.4. The number of halogens is 1. The van der Waals surface area contributed by atoms with E-state index >= 15 is 0 Å². The highest BCUT2D eigenvalue weighted by atomic mass is 19.1. The van der Waals surface area contributed by atoms with Crippen LogP contribution in [-0.2, 0) is 6.54 Å². The highest BCUT2D eigenvalue weighted by Crippen LogP contribution is 2.15. The van der Waals surface area contributed by atoms with Gasteiger partial charge in [-0.15, -0.1) is 0 Å². The maximum absolute atomic E-state index is 13.3. The molecule has 0 unspecified atom stereocenters. The molecule has 4 rings (SSSR count). The summed E-state index contributed by atoms with van der Waals surface area (Å²) >= 11 is 0. The smallest absolute Gasteiger partial charge is 0.291 e. The SMILES string of the molecule is O=C(NCc1cccc(NC(=O)c2cccc(F)c2)c1)c1ccc(NC(=O)c2ccco2)cc1. The van der Waals surface area contributed by atoms with Gasteiger partial charge in [0, 0.05) is 29.0 Å². The monoisotopic (exact) mass is 457 g/mol. The summed E-state index contributed by atoms with van der Waals surface area (Å²) < 4.78 is 18.4. The molecule has 0 saturated carbocycles. The van der Waals surface area contributed by atoms with Crippen molar-refractivity contribution < 1.29 is 23.2 Å². The molecule has 0 aliphatic carbocycles. The van der Waals surface area contributed by atoms with Gasteiger partial charge in [-0.2, -0.15) is 0 Å². The van der Waals surface area contributed by atoms with Crippen LogP contribution in [0.15, 0.2) is 95.6 Å². The van der Waals surface area contributed by atoms with Crippen molar-refractivity contribution in [1.29, 1.82) is 0 Å². The Morgan fingerprint density at radius 3 is 2.21 bits per heavy atom. The van der Waals surface area contributed by atoms with Crippen LogP contribution in [0, 0.1) is 5.82 Å². The van der Waals surface area contributed by atoms with Crippen LogP contribution in [0.1, 0.15) is 36.8 Å². The van der Waals surface area contributed by atoms with Gasteiger partial charge in [0.05, 0.1) is 6.26 Å². The molecular weight excluding hydrogens is 437 g/mol. The van der Waals surface area contributed by atoms with E-state index in [1.54, 1.807) is 54.6 Å². The van der Waals surface area contributed by atoms with Crippen molar-refractivity contribution in [3.63, 3.8) is 0 Å². The fourth-order valence-corrected chi connectivity index (χ4v) is 3.18. The average Bonchev–Trinajstić information content (AvgIpc) is 3.39. The van der Waals surface area contributed by atoms with Crippen molar-refractivity contribution in [2.75, 3.05) is 10.6 Å². The second kappa shape index (κ2) is 10.3. The van der Waals surface area contributed by atoms with Gasteiger partial charge in [-0.25, -0.2) is 4.39 Å². The summed E-state index contributed by atoms with van der Waals surface area (Å²) in [5, 5.41) is 8.22. The molecule has 4 aromatic rings. The first-order chi connectivity index (χ1) is 16.5. The zero-order valence-corrected chi connectivity index (χ0v) is 17.9. The normalized spacial score (nSPS) is 10.4. The zero-order chi connectivity index (χ0) is 23.9. The molecule has 0 fully saturated rings. The summed E-state index contributed by atoms with van der Waals surface area (Å²) in [7, 11) is 0. The summed E-state index contributed by atoms with van der Waals surface area (Å²) in [6.45, 7) is 0.236. The van der Waals surface area contributed by atoms with Crippen LogP contribution in [0.25, 0.3) is 0 Å². The average molecular weight is 457 g/mol. The Kier molecular flexibility index (Phi) is 6.78. The Hall–Kier alpha value is -4.72.